The molecule has 2 aromatic rings. The van der Waals surface area contributed by atoms with Crippen molar-refractivity contribution < 1.29 is 18.7 Å². The van der Waals surface area contributed by atoms with Gasteiger partial charge in [-0.25, -0.2) is 4.39 Å². The standard InChI is InChI=1S/C21H24FNO3/c1-3-12-25-19-10-9-18(15-20(19)26-13-4-2)23-21(24)11-8-16-6-5-7-17(22)14-16/h5-11,14-15H,3-4,12-13H2,1-2H3,(H,23,24)/b11-8+. The Labute approximate surface area is 153 Å². The Hall–Kier alpha value is -2.82. The molecule has 0 aromatic heterocycles. The van der Waals surface area contributed by atoms with E-state index in [1.54, 1.807) is 36.4 Å². The molecule has 26 heavy (non-hydrogen) atoms. The highest BCUT2D eigenvalue weighted by Gasteiger charge is 2.08. The quantitative estimate of drug-likeness (QED) is 0.639. The average Bonchev–Trinajstić information content (AvgIpc) is 2.64. The van der Waals surface area contributed by atoms with Crippen LogP contribution in [0.25, 0.3) is 6.08 Å². The number of rotatable bonds is 9. The van der Waals surface area contributed by atoms with E-state index in [-0.39, 0.29) is 11.7 Å². The molecule has 2 rings (SSSR count). The summed E-state index contributed by atoms with van der Waals surface area (Å²) in [5.41, 5.74) is 1.23. The van der Waals surface area contributed by atoms with Crippen molar-refractivity contribution in [1.29, 1.82) is 0 Å². The second-order valence-electron chi connectivity index (χ2n) is 5.74. The normalized spacial score (nSPS) is 10.7. The fourth-order valence-corrected chi connectivity index (χ4v) is 2.21. The number of ether oxygens (including phenoxy) is 2. The molecule has 0 saturated heterocycles. The van der Waals surface area contributed by atoms with Gasteiger partial charge in [0.1, 0.15) is 5.82 Å². The highest BCUT2D eigenvalue weighted by atomic mass is 19.1. The monoisotopic (exact) mass is 357 g/mol. The average molecular weight is 357 g/mol. The summed E-state index contributed by atoms with van der Waals surface area (Å²) < 4.78 is 24.5. The van der Waals surface area contributed by atoms with Crippen molar-refractivity contribution in [3.8, 4) is 11.5 Å². The van der Waals surface area contributed by atoms with Crippen molar-refractivity contribution in [2.45, 2.75) is 26.7 Å². The molecule has 2 aromatic carbocycles. The van der Waals surface area contributed by atoms with Crippen LogP contribution < -0.4 is 14.8 Å². The van der Waals surface area contributed by atoms with Gasteiger partial charge >= 0.3 is 0 Å². The maximum absolute atomic E-state index is 13.2. The molecule has 138 valence electrons. The van der Waals surface area contributed by atoms with Crippen molar-refractivity contribution in [2.75, 3.05) is 18.5 Å². The summed E-state index contributed by atoms with van der Waals surface area (Å²) in [7, 11) is 0. The minimum Gasteiger partial charge on any atom is -0.490 e. The van der Waals surface area contributed by atoms with Crippen LogP contribution in [-0.2, 0) is 4.79 Å². The van der Waals surface area contributed by atoms with E-state index < -0.39 is 0 Å². The number of hydrogen-bond acceptors (Lipinski definition) is 3. The third-order valence-electron chi connectivity index (χ3n) is 3.41. The molecule has 0 radical (unpaired) electrons. The largest absolute Gasteiger partial charge is 0.490 e. The number of amides is 1. The predicted octanol–water partition coefficient (Wildman–Crippen LogP) is 5.06. The van der Waals surface area contributed by atoms with Crippen LogP contribution in [0, 0.1) is 5.82 Å². The van der Waals surface area contributed by atoms with Gasteiger partial charge in [0, 0.05) is 17.8 Å². The van der Waals surface area contributed by atoms with Gasteiger partial charge in [-0.1, -0.05) is 26.0 Å². The SMILES string of the molecule is CCCOc1ccc(NC(=O)/C=C/c2cccc(F)c2)cc1OCCC. The third kappa shape index (κ3) is 6.24. The molecule has 4 nitrogen and oxygen atoms in total. The van der Waals surface area contributed by atoms with Crippen LogP contribution in [0.4, 0.5) is 10.1 Å². The van der Waals surface area contributed by atoms with Gasteiger partial charge in [-0.3, -0.25) is 4.79 Å². The first-order valence-corrected chi connectivity index (χ1v) is 8.76. The lowest BCUT2D eigenvalue weighted by Gasteiger charge is -2.13. The second kappa shape index (κ2) is 10.2. The fraction of sp³-hybridized carbons (Fsp3) is 0.286. The van der Waals surface area contributed by atoms with Crippen LogP contribution in [-0.4, -0.2) is 19.1 Å². The number of hydrogen-bond donors (Lipinski definition) is 1. The number of halogens is 1. The lowest BCUT2D eigenvalue weighted by molar-refractivity contribution is -0.111. The van der Waals surface area contributed by atoms with Crippen LogP contribution in [0.3, 0.4) is 0 Å². The molecule has 0 bridgehead atoms. The lowest BCUT2D eigenvalue weighted by Crippen LogP contribution is -2.08. The van der Waals surface area contributed by atoms with E-state index in [9.17, 15) is 9.18 Å². The zero-order valence-electron chi connectivity index (χ0n) is 15.1. The smallest absolute Gasteiger partial charge is 0.248 e. The first-order chi connectivity index (χ1) is 12.6. The van der Waals surface area contributed by atoms with Crippen molar-refractivity contribution in [3.63, 3.8) is 0 Å². The molecule has 1 N–H and O–H groups in total. The minimum absolute atomic E-state index is 0.307. The van der Waals surface area contributed by atoms with E-state index >= 15 is 0 Å². The van der Waals surface area contributed by atoms with Crippen molar-refractivity contribution >= 4 is 17.7 Å². The van der Waals surface area contributed by atoms with Gasteiger partial charge in [-0.15, -0.1) is 0 Å². The van der Waals surface area contributed by atoms with Gasteiger partial charge in [0.25, 0.3) is 0 Å². The van der Waals surface area contributed by atoms with E-state index in [1.807, 2.05) is 13.8 Å². The molecular formula is C21H24FNO3. The minimum atomic E-state index is -0.340. The summed E-state index contributed by atoms with van der Waals surface area (Å²) in [5, 5.41) is 2.77. The number of nitrogens with one attached hydrogen (secondary N) is 1. The molecule has 5 heteroatoms. The van der Waals surface area contributed by atoms with Gasteiger partial charge in [0.15, 0.2) is 11.5 Å². The van der Waals surface area contributed by atoms with Gasteiger partial charge in [0.2, 0.25) is 5.91 Å². The van der Waals surface area contributed by atoms with E-state index in [0.29, 0.717) is 36.0 Å². The highest BCUT2D eigenvalue weighted by Crippen LogP contribution is 2.31. The topological polar surface area (TPSA) is 47.6 Å². The predicted molar refractivity (Wildman–Crippen MR) is 102 cm³/mol. The third-order valence-corrected chi connectivity index (χ3v) is 3.41. The van der Waals surface area contributed by atoms with Crippen LogP contribution >= 0.6 is 0 Å². The summed E-state index contributed by atoms with van der Waals surface area (Å²) >= 11 is 0. The fourth-order valence-electron chi connectivity index (χ4n) is 2.21. The molecule has 0 spiro atoms. The Balaban J connectivity index is 2.06. The number of carbonyl (C=O) groups is 1. The van der Waals surface area contributed by atoms with E-state index in [0.717, 1.165) is 12.8 Å². The molecule has 0 aliphatic heterocycles. The van der Waals surface area contributed by atoms with E-state index in [2.05, 4.69) is 5.32 Å². The van der Waals surface area contributed by atoms with Crippen LogP contribution in [0.1, 0.15) is 32.3 Å². The molecule has 0 aliphatic carbocycles. The van der Waals surface area contributed by atoms with Gasteiger partial charge in [-0.05, 0) is 48.7 Å². The Morgan fingerprint density at radius 2 is 1.77 bits per heavy atom. The number of anilines is 1. The summed E-state index contributed by atoms with van der Waals surface area (Å²) in [6.45, 7) is 5.23. The number of carbonyl (C=O) groups excluding carboxylic acids is 1. The maximum Gasteiger partial charge on any atom is 0.248 e. The van der Waals surface area contributed by atoms with E-state index in [4.69, 9.17) is 9.47 Å². The highest BCUT2D eigenvalue weighted by molar-refractivity contribution is 6.02. The Morgan fingerprint density at radius 1 is 1.04 bits per heavy atom. The lowest BCUT2D eigenvalue weighted by atomic mass is 10.2. The van der Waals surface area contributed by atoms with E-state index in [1.165, 1.54) is 18.2 Å². The molecular weight excluding hydrogens is 333 g/mol. The molecule has 1 amide bonds. The molecule has 0 unspecified atom stereocenters. The van der Waals surface area contributed by atoms with Crippen LogP contribution in [0.15, 0.2) is 48.5 Å². The first-order valence-electron chi connectivity index (χ1n) is 8.76. The Bertz CT molecular complexity index is 759. The van der Waals surface area contributed by atoms with Gasteiger partial charge in [0.05, 0.1) is 13.2 Å². The summed E-state index contributed by atoms with van der Waals surface area (Å²) in [6, 6.07) is 11.3. The Morgan fingerprint density at radius 3 is 2.46 bits per heavy atom. The summed E-state index contributed by atoms with van der Waals surface area (Å²) in [5.74, 6) is 0.617. The number of benzene rings is 2. The summed E-state index contributed by atoms with van der Waals surface area (Å²) in [4.78, 5) is 12.1. The molecule has 0 aliphatic rings. The van der Waals surface area contributed by atoms with Crippen molar-refractivity contribution in [3.05, 3.63) is 59.9 Å². The molecule has 0 heterocycles. The van der Waals surface area contributed by atoms with Crippen molar-refractivity contribution in [1.82, 2.24) is 0 Å². The molecule has 0 atom stereocenters. The van der Waals surface area contributed by atoms with Crippen LogP contribution in [0.2, 0.25) is 0 Å². The first kappa shape index (κ1) is 19.5. The second-order valence-corrected chi connectivity index (χ2v) is 5.74. The zero-order valence-corrected chi connectivity index (χ0v) is 15.1. The zero-order chi connectivity index (χ0) is 18.8. The Kier molecular flexibility index (Phi) is 7.68. The molecule has 0 fully saturated rings. The summed E-state index contributed by atoms with van der Waals surface area (Å²) in [6.07, 6.45) is 4.70. The van der Waals surface area contributed by atoms with Gasteiger partial charge in [-0.2, -0.15) is 0 Å². The van der Waals surface area contributed by atoms with Gasteiger partial charge < -0.3 is 14.8 Å². The van der Waals surface area contributed by atoms with Crippen LogP contribution in [0.5, 0.6) is 11.5 Å². The maximum atomic E-state index is 13.2. The van der Waals surface area contributed by atoms with Crippen molar-refractivity contribution in [2.24, 2.45) is 0 Å². The molecule has 0 saturated carbocycles.